The van der Waals surface area contributed by atoms with Gasteiger partial charge >= 0.3 is 5.97 Å². The molecular formula is C13H19NO6S. The van der Waals surface area contributed by atoms with Crippen LogP contribution in [0.4, 0.5) is 0 Å². The SMILES string of the molecule is COC(=O)c1ccc(OC)cc1OCC(C)CS(N)(=O)=O. The van der Waals surface area contributed by atoms with Crippen LogP contribution in [0.1, 0.15) is 17.3 Å². The van der Waals surface area contributed by atoms with Crippen LogP contribution < -0.4 is 14.6 Å². The zero-order valence-electron chi connectivity index (χ0n) is 12.2. The van der Waals surface area contributed by atoms with Crippen LogP contribution in [0.2, 0.25) is 0 Å². The molecule has 0 spiro atoms. The fourth-order valence-corrected chi connectivity index (χ4v) is 2.59. The van der Waals surface area contributed by atoms with Crippen molar-refractivity contribution in [1.29, 1.82) is 0 Å². The topological polar surface area (TPSA) is 105 Å². The van der Waals surface area contributed by atoms with E-state index in [1.54, 1.807) is 13.0 Å². The maximum Gasteiger partial charge on any atom is 0.341 e. The third kappa shape index (κ3) is 5.60. The van der Waals surface area contributed by atoms with E-state index in [0.29, 0.717) is 5.75 Å². The first-order valence-corrected chi connectivity index (χ1v) is 7.88. The van der Waals surface area contributed by atoms with E-state index in [1.807, 2.05) is 0 Å². The summed E-state index contributed by atoms with van der Waals surface area (Å²) in [6.07, 6.45) is 0. The Balaban J connectivity index is 2.87. The van der Waals surface area contributed by atoms with Crippen molar-refractivity contribution in [3.8, 4) is 11.5 Å². The second-order valence-electron chi connectivity index (χ2n) is 4.60. The number of nitrogens with two attached hydrogens (primary N) is 1. The number of rotatable bonds is 7. The number of hydrogen-bond donors (Lipinski definition) is 1. The quantitative estimate of drug-likeness (QED) is 0.745. The number of ether oxygens (including phenoxy) is 3. The molecule has 1 aromatic carbocycles. The van der Waals surface area contributed by atoms with Crippen LogP contribution in [0.25, 0.3) is 0 Å². The number of hydrogen-bond acceptors (Lipinski definition) is 6. The van der Waals surface area contributed by atoms with Gasteiger partial charge in [0.15, 0.2) is 0 Å². The monoisotopic (exact) mass is 317 g/mol. The highest BCUT2D eigenvalue weighted by atomic mass is 32.2. The van der Waals surface area contributed by atoms with Gasteiger partial charge in [0, 0.05) is 12.0 Å². The summed E-state index contributed by atoms with van der Waals surface area (Å²) >= 11 is 0. The summed E-state index contributed by atoms with van der Waals surface area (Å²) in [5, 5.41) is 4.97. The zero-order chi connectivity index (χ0) is 16.0. The lowest BCUT2D eigenvalue weighted by atomic mass is 10.2. The third-order valence-electron chi connectivity index (χ3n) is 2.63. The Morgan fingerprint density at radius 3 is 2.52 bits per heavy atom. The average molecular weight is 317 g/mol. The molecule has 1 unspecified atom stereocenters. The molecule has 8 heteroatoms. The van der Waals surface area contributed by atoms with E-state index in [2.05, 4.69) is 4.74 Å². The van der Waals surface area contributed by atoms with E-state index in [0.717, 1.165) is 0 Å². The average Bonchev–Trinajstić information content (AvgIpc) is 2.42. The Morgan fingerprint density at radius 1 is 1.33 bits per heavy atom. The third-order valence-corrected chi connectivity index (χ3v) is 3.67. The Labute approximate surface area is 124 Å². The van der Waals surface area contributed by atoms with Crippen molar-refractivity contribution in [2.24, 2.45) is 11.1 Å². The molecule has 21 heavy (non-hydrogen) atoms. The maximum atomic E-state index is 11.6. The van der Waals surface area contributed by atoms with E-state index >= 15 is 0 Å². The standard InChI is InChI=1S/C13H19NO6S/c1-9(8-21(14,16)17)7-20-12-6-10(18-2)4-5-11(12)13(15)19-3/h4-6,9H,7-8H2,1-3H3,(H2,14,16,17). The molecule has 1 atom stereocenters. The Kier molecular flexibility index (Phi) is 5.98. The molecule has 1 rings (SSSR count). The first-order chi connectivity index (χ1) is 9.76. The Hall–Kier alpha value is -1.80. The molecule has 0 fully saturated rings. The van der Waals surface area contributed by atoms with Crippen LogP contribution in [0.5, 0.6) is 11.5 Å². The summed E-state index contributed by atoms with van der Waals surface area (Å²) < 4.78 is 37.2. The van der Waals surface area contributed by atoms with Gasteiger partial charge in [0.05, 0.1) is 26.6 Å². The lowest BCUT2D eigenvalue weighted by molar-refractivity contribution is 0.0595. The van der Waals surface area contributed by atoms with Gasteiger partial charge in [0.1, 0.15) is 17.1 Å². The smallest absolute Gasteiger partial charge is 0.341 e. The number of benzene rings is 1. The van der Waals surface area contributed by atoms with E-state index in [-0.39, 0.29) is 29.6 Å². The predicted molar refractivity (Wildman–Crippen MR) is 77.0 cm³/mol. The first-order valence-electron chi connectivity index (χ1n) is 6.16. The van der Waals surface area contributed by atoms with Crippen molar-refractivity contribution < 1.29 is 27.4 Å². The van der Waals surface area contributed by atoms with Crippen molar-refractivity contribution in [3.05, 3.63) is 23.8 Å². The van der Waals surface area contributed by atoms with Crippen molar-refractivity contribution in [2.75, 3.05) is 26.6 Å². The summed E-state index contributed by atoms with van der Waals surface area (Å²) in [5.41, 5.74) is 0.237. The molecule has 0 heterocycles. The summed E-state index contributed by atoms with van der Waals surface area (Å²) in [4.78, 5) is 11.6. The van der Waals surface area contributed by atoms with Crippen LogP contribution in [0.3, 0.4) is 0 Å². The minimum atomic E-state index is -3.57. The molecular weight excluding hydrogens is 298 g/mol. The molecule has 0 saturated carbocycles. The van der Waals surface area contributed by atoms with Gasteiger partial charge in [0.25, 0.3) is 0 Å². The molecule has 7 nitrogen and oxygen atoms in total. The normalized spacial score (nSPS) is 12.6. The van der Waals surface area contributed by atoms with Gasteiger partial charge in [-0.25, -0.2) is 18.4 Å². The zero-order valence-corrected chi connectivity index (χ0v) is 13.0. The van der Waals surface area contributed by atoms with Crippen LogP contribution in [0.15, 0.2) is 18.2 Å². The number of esters is 1. The van der Waals surface area contributed by atoms with Gasteiger partial charge < -0.3 is 14.2 Å². The van der Waals surface area contributed by atoms with Crippen LogP contribution in [-0.4, -0.2) is 41.0 Å². The van der Waals surface area contributed by atoms with Gasteiger partial charge in [-0.15, -0.1) is 0 Å². The minimum Gasteiger partial charge on any atom is -0.497 e. The molecule has 0 aliphatic carbocycles. The number of methoxy groups -OCH3 is 2. The molecule has 0 aliphatic rings. The summed E-state index contributed by atoms with van der Waals surface area (Å²) in [6.45, 7) is 1.77. The number of carbonyl (C=O) groups excluding carboxylic acids is 1. The maximum absolute atomic E-state index is 11.6. The molecule has 2 N–H and O–H groups in total. The van der Waals surface area contributed by atoms with E-state index in [1.165, 1.54) is 26.4 Å². The summed E-state index contributed by atoms with van der Waals surface area (Å²) in [5.74, 6) is -0.299. The highest BCUT2D eigenvalue weighted by Gasteiger charge is 2.17. The fraction of sp³-hybridized carbons (Fsp3) is 0.462. The fourth-order valence-electron chi connectivity index (χ4n) is 1.70. The molecule has 0 saturated heterocycles. The number of carbonyl (C=O) groups is 1. The largest absolute Gasteiger partial charge is 0.497 e. The van der Waals surface area contributed by atoms with Crippen LogP contribution in [-0.2, 0) is 14.8 Å². The second-order valence-corrected chi connectivity index (χ2v) is 6.26. The summed E-state index contributed by atoms with van der Waals surface area (Å²) in [7, 11) is -0.817. The molecule has 0 amide bonds. The van der Waals surface area contributed by atoms with Crippen LogP contribution >= 0.6 is 0 Å². The number of sulfonamides is 1. The lowest BCUT2D eigenvalue weighted by Crippen LogP contribution is -2.25. The highest BCUT2D eigenvalue weighted by molar-refractivity contribution is 7.89. The first kappa shape index (κ1) is 17.3. The van der Waals surface area contributed by atoms with E-state index in [9.17, 15) is 13.2 Å². The molecule has 0 aromatic heterocycles. The number of primary sulfonamides is 1. The van der Waals surface area contributed by atoms with E-state index < -0.39 is 16.0 Å². The van der Waals surface area contributed by atoms with Gasteiger partial charge in [-0.3, -0.25) is 0 Å². The van der Waals surface area contributed by atoms with Gasteiger partial charge in [0.2, 0.25) is 10.0 Å². The molecule has 0 aliphatic heterocycles. The lowest BCUT2D eigenvalue weighted by Gasteiger charge is -2.15. The van der Waals surface area contributed by atoms with Crippen molar-refractivity contribution in [3.63, 3.8) is 0 Å². The Bertz CT molecular complexity index is 599. The molecule has 1 aromatic rings. The molecule has 118 valence electrons. The van der Waals surface area contributed by atoms with Crippen molar-refractivity contribution >= 4 is 16.0 Å². The van der Waals surface area contributed by atoms with Gasteiger partial charge in [-0.2, -0.15) is 0 Å². The van der Waals surface area contributed by atoms with Crippen LogP contribution in [0, 0.1) is 5.92 Å². The molecule has 0 radical (unpaired) electrons. The predicted octanol–water partition coefficient (Wildman–Crippen LogP) is 0.785. The second kappa shape index (κ2) is 7.28. The van der Waals surface area contributed by atoms with E-state index in [4.69, 9.17) is 14.6 Å². The van der Waals surface area contributed by atoms with Gasteiger partial charge in [-0.05, 0) is 12.1 Å². The summed E-state index contributed by atoms with van der Waals surface area (Å²) in [6, 6.07) is 4.66. The minimum absolute atomic E-state index is 0.0909. The highest BCUT2D eigenvalue weighted by Crippen LogP contribution is 2.26. The van der Waals surface area contributed by atoms with Gasteiger partial charge in [-0.1, -0.05) is 6.92 Å². The molecule has 0 bridgehead atoms. The van der Waals surface area contributed by atoms with Crippen molar-refractivity contribution in [1.82, 2.24) is 0 Å². The Morgan fingerprint density at radius 2 is 2.00 bits per heavy atom. The van der Waals surface area contributed by atoms with Crippen molar-refractivity contribution in [2.45, 2.75) is 6.92 Å².